The van der Waals surface area contributed by atoms with Crippen molar-refractivity contribution in [2.75, 3.05) is 11.9 Å². The van der Waals surface area contributed by atoms with Crippen LogP contribution in [0.5, 0.6) is 5.75 Å². The van der Waals surface area contributed by atoms with E-state index < -0.39 is 17.4 Å². The monoisotopic (exact) mass is 342 g/mol. The summed E-state index contributed by atoms with van der Waals surface area (Å²) in [4.78, 5) is 24.9. The molecule has 2 amide bonds. The fourth-order valence-corrected chi connectivity index (χ4v) is 2.67. The van der Waals surface area contributed by atoms with E-state index in [-0.39, 0.29) is 12.4 Å². The van der Waals surface area contributed by atoms with E-state index >= 15 is 0 Å². The summed E-state index contributed by atoms with van der Waals surface area (Å²) >= 11 is 0. The number of benzene rings is 2. The smallest absolute Gasteiger partial charge is 0.278 e. The van der Waals surface area contributed by atoms with Gasteiger partial charge < -0.3 is 15.4 Å². The first-order chi connectivity index (χ1) is 11.9. The summed E-state index contributed by atoms with van der Waals surface area (Å²) in [7, 11) is 0. The summed E-state index contributed by atoms with van der Waals surface area (Å²) in [5.41, 5.74) is 0.349. The van der Waals surface area contributed by atoms with E-state index in [0.717, 1.165) is 5.56 Å². The number of ether oxygens (including phenoxy) is 1. The number of carbonyl (C=O) groups excluding carboxylic acids is 2. The maximum Gasteiger partial charge on any atom is 0.278 e. The summed E-state index contributed by atoms with van der Waals surface area (Å²) in [6, 6.07) is 11.7. The average molecular weight is 342 g/mol. The quantitative estimate of drug-likeness (QED) is 0.839. The van der Waals surface area contributed by atoms with Gasteiger partial charge >= 0.3 is 0 Å². The number of halogens is 1. The highest BCUT2D eigenvalue weighted by Gasteiger charge is 2.47. The van der Waals surface area contributed by atoms with Crippen LogP contribution in [0.1, 0.15) is 18.1 Å². The summed E-state index contributed by atoms with van der Waals surface area (Å²) in [5, 5.41) is 5.35. The normalized spacial score (nSPS) is 18.8. The number of fused-ring (bicyclic) bond motifs is 1. The minimum atomic E-state index is -1.67. The van der Waals surface area contributed by atoms with Crippen molar-refractivity contribution in [3.63, 3.8) is 0 Å². The van der Waals surface area contributed by atoms with Gasteiger partial charge in [-0.2, -0.15) is 0 Å². The molecule has 1 heterocycles. The summed E-state index contributed by atoms with van der Waals surface area (Å²) in [6.07, 6.45) is 0.325. The van der Waals surface area contributed by atoms with Gasteiger partial charge in [0.05, 0.1) is 5.69 Å². The number of hydrogen-bond acceptors (Lipinski definition) is 3. The molecule has 0 bridgehead atoms. The third-order valence-corrected chi connectivity index (χ3v) is 4.20. The van der Waals surface area contributed by atoms with Gasteiger partial charge in [-0.25, -0.2) is 4.39 Å². The van der Waals surface area contributed by atoms with Crippen molar-refractivity contribution in [3.8, 4) is 5.75 Å². The summed E-state index contributed by atoms with van der Waals surface area (Å²) in [6.45, 7) is 3.52. The van der Waals surface area contributed by atoms with Crippen molar-refractivity contribution in [1.82, 2.24) is 5.32 Å². The van der Waals surface area contributed by atoms with Crippen LogP contribution in [0.25, 0.3) is 0 Å². The maximum absolute atomic E-state index is 13.6. The Bertz CT molecular complexity index is 837. The second-order valence-electron chi connectivity index (χ2n) is 6.19. The summed E-state index contributed by atoms with van der Waals surface area (Å²) < 4.78 is 19.3. The minimum Gasteiger partial charge on any atom is -0.466 e. The molecule has 0 spiro atoms. The predicted molar refractivity (Wildman–Crippen MR) is 92.0 cm³/mol. The second-order valence-corrected chi connectivity index (χ2v) is 6.19. The Morgan fingerprint density at radius 1 is 1.28 bits per heavy atom. The van der Waals surface area contributed by atoms with Crippen LogP contribution < -0.4 is 15.4 Å². The van der Waals surface area contributed by atoms with Crippen LogP contribution in [0, 0.1) is 12.7 Å². The van der Waals surface area contributed by atoms with E-state index in [4.69, 9.17) is 4.74 Å². The standard InChI is InChI=1S/C19H19FN2O3/c1-12-7-8-16-15(11-12)22-18(24)19(2,25-16)17(23)21-10-9-13-5-3-4-6-14(13)20/h3-8,11H,9-10H2,1-2H3,(H,21,23)(H,22,24). The minimum absolute atomic E-state index is 0.201. The number of nitrogens with one attached hydrogen (secondary N) is 2. The van der Waals surface area contributed by atoms with Gasteiger partial charge in [0.2, 0.25) is 0 Å². The Hall–Kier alpha value is -2.89. The Balaban J connectivity index is 1.68. The fourth-order valence-electron chi connectivity index (χ4n) is 2.67. The van der Waals surface area contributed by atoms with Crippen LogP contribution in [-0.2, 0) is 16.0 Å². The third-order valence-electron chi connectivity index (χ3n) is 4.20. The highest BCUT2D eigenvalue weighted by molar-refractivity contribution is 6.15. The molecule has 1 unspecified atom stereocenters. The zero-order chi connectivity index (χ0) is 18.0. The van der Waals surface area contributed by atoms with Crippen molar-refractivity contribution in [1.29, 1.82) is 0 Å². The molecule has 1 aliphatic rings. The van der Waals surface area contributed by atoms with Crippen LogP contribution in [0.4, 0.5) is 10.1 Å². The number of rotatable bonds is 4. The lowest BCUT2D eigenvalue weighted by molar-refractivity contribution is -0.146. The van der Waals surface area contributed by atoms with Gasteiger partial charge in [-0.15, -0.1) is 0 Å². The first kappa shape index (κ1) is 17.0. The van der Waals surface area contributed by atoms with Crippen LogP contribution in [0.15, 0.2) is 42.5 Å². The Morgan fingerprint density at radius 2 is 2.04 bits per heavy atom. The van der Waals surface area contributed by atoms with Gasteiger partial charge in [0.1, 0.15) is 11.6 Å². The first-order valence-corrected chi connectivity index (χ1v) is 8.03. The molecular formula is C19H19FN2O3. The highest BCUT2D eigenvalue weighted by Crippen LogP contribution is 2.34. The number of amides is 2. The lowest BCUT2D eigenvalue weighted by Gasteiger charge is -2.33. The molecule has 0 saturated heterocycles. The average Bonchev–Trinajstić information content (AvgIpc) is 2.58. The number of hydrogen-bond donors (Lipinski definition) is 2. The van der Waals surface area contributed by atoms with Crippen molar-refractivity contribution in [2.24, 2.45) is 0 Å². The molecule has 1 aliphatic heterocycles. The predicted octanol–water partition coefficient (Wildman–Crippen LogP) is 2.58. The van der Waals surface area contributed by atoms with Gasteiger partial charge in [0.25, 0.3) is 17.4 Å². The van der Waals surface area contributed by atoms with Crippen molar-refractivity contribution in [2.45, 2.75) is 25.9 Å². The van der Waals surface area contributed by atoms with E-state index in [0.29, 0.717) is 23.4 Å². The van der Waals surface area contributed by atoms with Crippen LogP contribution in [0.3, 0.4) is 0 Å². The molecule has 1 atom stereocenters. The first-order valence-electron chi connectivity index (χ1n) is 8.03. The number of anilines is 1. The Kier molecular flexibility index (Phi) is 4.44. The van der Waals surface area contributed by atoms with E-state index in [2.05, 4.69) is 10.6 Å². The summed E-state index contributed by atoms with van der Waals surface area (Å²) in [5.74, 6) is -0.975. The van der Waals surface area contributed by atoms with Crippen LogP contribution in [0.2, 0.25) is 0 Å². The zero-order valence-electron chi connectivity index (χ0n) is 14.1. The molecule has 0 saturated carbocycles. The highest BCUT2D eigenvalue weighted by atomic mass is 19.1. The van der Waals surface area contributed by atoms with Gasteiger partial charge in [-0.3, -0.25) is 9.59 Å². The van der Waals surface area contributed by atoms with Crippen molar-refractivity contribution >= 4 is 17.5 Å². The molecule has 2 aromatic rings. The molecule has 130 valence electrons. The van der Waals surface area contributed by atoms with Crippen molar-refractivity contribution < 1.29 is 18.7 Å². The third kappa shape index (κ3) is 3.33. The molecule has 2 aromatic carbocycles. The largest absolute Gasteiger partial charge is 0.466 e. The number of carbonyl (C=O) groups is 2. The lowest BCUT2D eigenvalue weighted by atomic mass is 10.0. The van der Waals surface area contributed by atoms with Crippen LogP contribution >= 0.6 is 0 Å². The molecule has 0 fully saturated rings. The molecule has 2 N–H and O–H groups in total. The SMILES string of the molecule is Cc1ccc2c(c1)NC(=O)C(C)(C(=O)NCCc1ccccc1F)O2. The second kappa shape index (κ2) is 6.55. The van der Waals surface area contributed by atoms with Crippen molar-refractivity contribution in [3.05, 3.63) is 59.4 Å². The van der Waals surface area contributed by atoms with Gasteiger partial charge in [-0.1, -0.05) is 24.3 Å². The molecule has 25 heavy (non-hydrogen) atoms. The zero-order valence-corrected chi connectivity index (χ0v) is 14.1. The van der Waals surface area contributed by atoms with Gasteiger partial charge in [-0.05, 0) is 49.6 Å². The fraction of sp³-hybridized carbons (Fsp3) is 0.263. The molecule has 0 aromatic heterocycles. The molecule has 6 heteroatoms. The van der Waals surface area contributed by atoms with E-state index in [1.54, 1.807) is 30.3 Å². The molecule has 0 radical (unpaired) electrons. The molecule has 0 aliphatic carbocycles. The van der Waals surface area contributed by atoms with E-state index in [9.17, 15) is 14.0 Å². The number of aryl methyl sites for hydroxylation is 1. The van der Waals surface area contributed by atoms with Gasteiger partial charge in [0, 0.05) is 6.54 Å². The topological polar surface area (TPSA) is 67.4 Å². The molecule has 3 rings (SSSR count). The Morgan fingerprint density at radius 3 is 2.80 bits per heavy atom. The maximum atomic E-state index is 13.6. The van der Waals surface area contributed by atoms with E-state index in [1.807, 2.05) is 13.0 Å². The lowest BCUT2D eigenvalue weighted by Crippen LogP contribution is -2.58. The molecule has 5 nitrogen and oxygen atoms in total. The van der Waals surface area contributed by atoms with E-state index in [1.165, 1.54) is 13.0 Å². The Labute approximate surface area is 145 Å². The van der Waals surface area contributed by atoms with Crippen LogP contribution in [-0.4, -0.2) is 24.0 Å². The van der Waals surface area contributed by atoms with Gasteiger partial charge in [0.15, 0.2) is 0 Å². The molecular weight excluding hydrogens is 323 g/mol.